The maximum absolute atomic E-state index is 12.9. The van der Waals surface area contributed by atoms with E-state index in [0.717, 1.165) is 23.0 Å². The lowest BCUT2D eigenvalue weighted by molar-refractivity contribution is -0.123. The van der Waals surface area contributed by atoms with E-state index in [1.807, 2.05) is 56.9 Å². The molecule has 0 bridgehead atoms. The Hall–Kier alpha value is -1.87. The van der Waals surface area contributed by atoms with Crippen molar-refractivity contribution in [1.29, 1.82) is 0 Å². The van der Waals surface area contributed by atoms with Crippen molar-refractivity contribution in [3.05, 3.63) is 42.5 Å². The summed E-state index contributed by atoms with van der Waals surface area (Å²) in [6, 6.07) is 14.3. The van der Waals surface area contributed by atoms with Crippen LogP contribution in [-0.2, 0) is 4.79 Å². The van der Waals surface area contributed by atoms with Crippen molar-refractivity contribution in [1.82, 2.24) is 5.32 Å². The van der Waals surface area contributed by atoms with Crippen LogP contribution in [0.1, 0.15) is 27.7 Å². The first-order chi connectivity index (χ1) is 10.0. The summed E-state index contributed by atoms with van der Waals surface area (Å²) in [5.41, 5.74) is 0.411. The maximum atomic E-state index is 12.9. The van der Waals surface area contributed by atoms with Gasteiger partial charge >= 0.3 is 0 Å². The third-order valence-corrected chi connectivity index (χ3v) is 3.77. The van der Waals surface area contributed by atoms with Crippen molar-refractivity contribution in [3.63, 3.8) is 0 Å². The van der Waals surface area contributed by atoms with Crippen LogP contribution in [0.5, 0.6) is 0 Å². The number of carbonyl (C=O) groups excluding carboxylic acids is 1. The van der Waals surface area contributed by atoms with E-state index in [-0.39, 0.29) is 5.91 Å². The van der Waals surface area contributed by atoms with Crippen LogP contribution in [0.2, 0.25) is 0 Å². The third-order valence-electron chi connectivity index (χ3n) is 3.77. The first kappa shape index (κ1) is 15.5. The van der Waals surface area contributed by atoms with E-state index in [9.17, 15) is 4.79 Å². The van der Waals surface area contributed by atoms with Gasteiger partial charge in [-0.05, 0) is 38.8 Å². The molecule has 112 valence electrons. The third kappa shape index (κ3) is 3.08. The van der Waals surface area contributed by atoms with E-state index in [4.69, 9.17) is 0 Å². The van der Waals surface area contributed by atoms with Crippen LogP contribution in [0.4, 0.5) is 5.69 Å². The zero-order valence-corrected chi connectivity index (χ0v) is 13.3. The molecule has 0 aromatic heterocycles. The fourth-order valence-electron chi connectivity index (χ4n) is 2.72. The van der Waals surface area contributed by atoms with Crippen LogP contribution < -0.4 is 10.2 Å². The first-order valence-electron chi connectivity index (χ1n) is 7.56. The van der Waals surface area contributed by atoms with E-state index < -0.39 is 5.54 Å². The Kier molecular flexibility index (Phi) is 4.63. The molecule has 0 aliphatic rings. The van der Waals surface area contributed by atoms with Gasteiger partial charge in [-0.3, -0.25) is 4.79 Å². The van der Waals surface area contributed by atoms with Crippen molar-refractivity contribution in [3.8, 4) is 0 Å². The summed E-state index contributed by atoms with van der Waals surface area (Å²) in [5.74, 6) is 0.100. The highest BCUT2D eigenvalue weighted by molar-refractivity contribution is 6.06. The normalized spacial score (nSPS) is 11.6. The van der Waals surface area contributed by atoms with E-state index >= 15 is 0 Å². The number of benzene rings is 2. The number of fused-ring (bicyclic) bond motifs is 1. The molecule has 0 fully saturated rings. The molecule has 3 heteroatoms. The van der Waals surface area contributed by atoms with Gasteiger partial charge in [-0.1, -0.05) is 43.3 Å². The van der Waals surface area contributed by atoms with Crippen LogP contribution in [0.3, 0.4) is 0 Å². The molecule has 0 aliphatic carbocycles. The van der Waals surface area contributed by atoms with Crippen LogP contribution in [0.25, 0.3) is 10.8 Å². The van der Waals surface area contributed by atoms with Gasteiger partial charge in [-0.2, -0.15) is 0 Å². The molecular formula is C18H24N2O. The molecule has 2 aromatic rings. The molecule has 0 saturated heterocycles. The second kappa shape index (κ2) is 6.27. The average Bonchev–Trinajstić information content (AvgIpc) is 2.48. The maximum Gasteiger partial charge on any atom is 0.246 e. The number of amides is 1. The summed E-state index contributed by atoms with van der Waals surface area (Å²) >= 11 is 0. The molecule has 21 heavy (non-hydrogen) atoms. The van der Waals surface area contributed by atoms with Crippen molar-refractivity contribution in [2.75, 3.05) is 18.0 Å². The van der Waals surface area contributed by atoms with E-state index in [1.54, 1.807) is 0 Å². The lowest BCUT2D eigenvalue weighted by atomic mass is 10.0. The van der Waals surface area contributed by atoms with Crippen LogP contribution in [-0.4, -0.2) is 24.5 Å². The van der Waals surface area contributed by atoms with Gasteiger partial charge in [0.2, 0.25) is 5.91 Å². The SMILES string of the molecule is CCNC(C)(C)C(=O)N(CC)c1cccc2ccccc12. The highest BCUT2D eigenvalue weighted by Crippen LogP contribution is 2.28. The summed E-state index contributed by atoms with van der Waals surface area (Å²) in [5, 5.41) is 5.53. The Morgan fingerprint density at radius 1 is 1.10 bits per heavy atom. The minimum Gasteiger partial charge on any atom is -0.310 e. The first-order valence-corrected chi connectivity index (χ1v) is 7.56. The fourth-order valence-corrected chi connectivity index (χ4v) is 2.72. The Bertz CT molecular complexity index is 629. The molecule has 1 amide bonds. The van der Waals surface area contributed by atoms with E-state index in [0.29, 0.717) is 6.54 Å². The molecule has 2 rings (SSSR count). The summed E-state index contributed by atoms with van der Waals surface area (Å²) in [6.07, 6.45) is 0. The van der Waals surface area contributed by atoms with E-state index in [1.165, 1.54) is 0 Å². The Morgan fingerprint density at radius 3 is 2.43 bits per heavy atom. The van der Waals surface area contributed by atoms with Crippen molar-refractivity contribution >= 4 is 22.4 Å². The predicted octanol–water partition coefficient (Wildman–Crippen LogP) is 3.58. The second-order valence-electron chi connectivity index (χ2n) is 5.70. The standard InChI is InChI=1S/C18H24N2O/c1-5-19-18(3,4)17(21)20(6-2)16-13-9-11-14-10-7-8-12-15(14)16/h7-13,19H,5-6H2,1-4H3. The zero-order valence-electron chi connectivity index (χ0n) is 13.3. The molecule has 0 atom stereocenters. The van der Waals surface area contributed by atoms with Gasteiger partial charge < -0.3 is 10.2 Å². The van der Waals surface area contributed by atoms with Gasteiger partial charge in [-0.15, -0.1) is 0 Å². The van der Waals surface area contributed by atoms with Gasteiger partial charge in [0.15, 0.2) is 0 Å². The van der Waals surface area contributed by atoms with Crippen LogP contribution in [0, 0.1) is 0 Å². The highest BCUT2D eigenvalue weighted by Gasteiger charge is 2.31. The highest BCUT2D eigenvalue weighted by atomic mass is 16.2. The molecule has 0 unspecified atom stereocenters. The molecule has 2 aromatic carbocycles. The number of nitrogens with zero attached hydrogens (tertiary/aromatic N) is 1. The number of anilines is 1. The minimum absolute atomic E-state index is 0.100. The largest absolute Gasteiger partial charge is 0.310 e. The van der Waals surface area contributed by atoms with Gasteiger partial charge in [0.1, 0.15) is 0 Å². The quantitative estimate of drug-likeness (QED) is 0.910. The smallest absolute Gasteiger partial charge is 0.246 e. The molecular weight excluding hydrogens is 260 g/mol. The summed E-state index contributed by atoms with van der Waals surface area (Å²) < 4.78 is 0. The number of rotatable bonds is 5. The molecule has 0 saturated carbocycles. The lowest BCUT2D eigenvalue weighted by Gasteiger charge is -2.32. The molecule has 0 aliphatic heterocycles. The predicted molar refractivity (Wildman–Crippen MR) is 89.7 cm³/mol. The van der Waals surface area contributed by atoms with Crippen LogP contribution >= 0.6 is 0 Å². The van der Waals surface area contributed by atoms with Gasteiger partial charge in [0.05, 0.1) is 11.2 Å². The molecule has 3 nitrogen and oxygen atoms in total. The summed E-state index contributed by atoms with van der Waals surface area (Å²) in [4.78, 5) is 14.8. The monoisotopic (exact) mass is 284 g/mol. The molecule has 0 spiro atoms. The minimum atomic E-state index is -0.568. The molecule has 1 N–H and O–H groups in total. The van der Waals surface area contributed by atoms with Crippen molar-refractivity contribution < 1.29 is 4.79 Å². The number of hydrogen-bond acceptors (Lipinski definition) is 2. The Labute approximate surface area is 127 Å². The van der Waals surface area contributed by atoms with Gasteiger partial charge in [0.25, 0.3) is 0 Å². The summed E-state index contributed by atoms with van der Waals surface area (Å²) in [6.45, 7) is 9.33. The Morgan fingerprint density at radius 2 is 1.76 bits per heavy atom. The number of likely N-dealkylation sites (N-methyl/N-ethyl adjacent to an activating group) is 2. The molecule has 0 heterocycles. The van der Waals surface area contributed by atoms with Gasteiger partial charge in [0, 0.05) is 11.9 Å². The number of carbonyl (C=O) groups is 1. The lowest BCUT2D eigenvalue weighted by Crippen LogP contribution is -2.54. The Balaban J connectivity index is 2.47. The average molecular weight is 284 g/mol. The van der Waals surface area contributed by atoms with E-state index in [2.05, 4.69) is 23.5 Å². The number of nitrogens with one attached hydrogen (secondary N) is 1. The van der Waals surface area contributed by atoms with Crippen molar-refractivity contribution in [2.24, 2.45) is 0 Å². The fraction of sp³-hybridized carbons (Fsp3) is 0.389. The van der Waals surface area contributed by atoms with Gasteiger partial charge in [-0.25, -0.2) is 0 Å². The van der Waals surface area contributed by atoms with Crippen molar-refractivity contribution in [2.45, 2.75) is 33.2 Å². The zero-order chi connectivity index (χ0) is 15.5. The summed E-state index contributed by atoms with van der Waals surface area (Å²) in [7, 11) is 0. The second-order valence-corrected chi connectivity index (χ2v) is 5.70. The topological polar surface area (TPSA) is 32.3 Å². The molecule has 0 radical (unpaired) electrons. The van der Waals surface area contributed by atoms with Crippen LogP contribution in [0.15, 0.2) is 42.5 Å². The number of hydrogen-bond donors (Lipinski definition) is 1.